The highest BCUT2D eigenvalue weighted by atomic mass is 19.1. The molecule has 4 rings (SSSR count). The maximum Gasteiger partial charge on any atom is 0.251 e. The predicted molar refractivity (Wildman–Crippen MR) is 148 cm³/mol. The second-order valence-electron chi connectivity index (χ2n) is 11.3. The average Bonchev–Trinajstić information content (AvgIpc) is 3.50. The lowest BCUT2D eigenvalue weighted by Crippen LogP contribution is -2.50. The van der Waals surface area contributed by atoms with E-state index in [4.69, 9.17) is 10.7 Å². The zero-order valence-electron chi connectivity index (χ0n) is 23.2. The van der Waals surface area contributed by atoms with Gasteiger partial charge in [-0.1, -0.05) is 44.2 Å². The van der Waals surface area contributed by atoms with Gasteiger partial charge in [-0.05, 0) is 49.1 Å². The third-order valence-corrected chi connectivity index (χ3v) is 7.62. The van der Waals surface area contributed by atoms with Gasteiger partial charge in [-0.25, -0.2) is 18.2 Å². The normalized spacial score (nSPS) is 19.0. The number of nitrogens with zero attached hydrogens (tertiary/aromatic N) is 3. The van der Waals surface area contributed by atoms with Crippen molar-refractivity contribution in [3.63, 3.8) is 0 Å². The van der Waals surface area contributed by atoms with Crippen molar-refractivity contribution in [3.8, 4) is 11.3 Å². The molecular formula is C30H38F3N5O2. The number of aromatic nitrogens is 2. The van der Waals surface area contributed by atoms with Crippen molar-refractivity contribution < 1.29 is 23.1 Å². The molecule has 216 valence electrons. The lowest BCUT2D eigenvalue weighted by Gasteiger charge is -2.43. The summed E-state index contributed by atoms with van der Waals surface area (Å²) in [6, 6.07) is 12.0. The van der Waals surface area contributed by atoms with Crippen LogP contribution in [0.2, 0.25) is 0 Å². The molecule has 2 heterocycles. The van der Waals surface area contributed by atoms with Gasteiger partial charge in [0.05, 0.1) is 11.7 Å². The van der Waals surface area contributed by atoms with Gasteiger partial charge in [0.2, 0.25) is 0 Å². The van der Waals surface area contributed by atoms with Crippen molar-refractivity contribution in [2.24, 2.45) is 17.1 Å². The van der Waals surface area contributed by atoms with Crippen LogP contribution in [0.15, 0.2) is 54.7 Å². The number of nitrogens with one attached hydrogen (secondary N) is 1. The number of nitrogens with two attached hydrogens (primary N) is 1. The van der Waals surface area contributed by atoms with Crippen LogP contribution in [0.1, 0.15) is 44.6 Å². The molecule has 4 atom stereocenters. The minimum Gasteiger partial charge on any atom is -0.384 e. The molecule has 2 aromatic carbocycles. The fraction of sp³-hybridized carbons (Fsp3) is 0.467. The Balaban J connectivity index is 1.92. The number of alkyl halides is 1. The number of imidazole rings is 1. The largest absolute Gasteiger partial charge is 0.384 e. The number of halogens is 3. The van der Waals surface area contributed by atoms with E-state index in [1.807, 2.05) is 48.7 Å². The van der Waals surface area contributed by atoms with Gasteiger partial charge >= 0.3 is 0 Å². The van der Waals surface area contributed by atoms with Crippen molar-refractivity contribution in [2.75, 3.05) is 26.2 Å². The van der Waals surface area contributed by atoms with Crippen molar-refractivity contribution in [3.05, 3.63) is 77.8 Å². The SMILES string of the molecule is C[C@H](O)C(=O)N(C[C@@H]1CNC[C@@H]1F)[C@@H](c1nc(-c2cc(F)ccc2F)cn1Cc1ccccc1)C(C)(C)CCN. The molecule has 0 radical (unpaired) electrons. The van der Waals surface area contributed by atoms with E-state index in [2.05, 4.69) is 5.32 Å². The van der Waals surface area contributed by atoms with Crippen LogP contribution in [0.3, 0.4) is 0 Å². The zero-order valence-corrected chi connectivity index (χ0v) is 23.2. The number of rotatable bonds is 11. The van der Waals surface area contributed by atoms with Gasteiger partial charge in [-0.15, -0.1) is 0 Å². The summed E-state index contributed by atoms with van der Waals surface area (Å²) in [7, 11) is 0. The molecule has 1 fully saturated rings. The van der Waals surface area contributed by atoms with Crippen LogP contribution in [-0.4, -0.2) is 63.9 Å². The van der Waals surface area contributed by atoms with Crippen molar-refractivity contribution in [1.82, 2.24) is 19.8 Å². The van der Waals surface area contributed by atoms with Crippen LogP contribution in [0.25, 0.3) is 11.3 Å². The van der Waals surface area contributed by atoms with Gasteiger partial charge in [0.1, 0.15) is 29.7 Å². The molecule has 10 heteroatoms. The molecule has 4 N–H and O–H groups in total. The predicted octanol–water partition coefficient (Wildman–Crippen LogP) is 4.06. The summed E-state index contributed by atoms with van der Waals surface area (Å²) in [6.07, 6.45) is -0.387. The van der Waals surface area contributed by atoms with Crippen molar-refractivity contribution >= 4 is 5.91 Å². The topological polar surface area (TPSA) is 96.4 Å². The van der Waals surface area contributed by atoms with Crippen LogP contribution in [-0.2, 0) is 11.3 Å². The number of carbonyl (C=O) groups excluding carboxylic acids is 1. The molecule has 0 spiro atoms. The number of aliphatic hydroxyl groups is 1. The standard InChI is InChI=1S/C30H38F3N5O2/c1-19(39)29(40)38(17-21-14-35-15-25(21)33)27(30(2,3)11-12-34)28-36-26(23-13-22(31)9-10-24(23)32)18-37(28)16-20-7-5-4-6-8-20/h4-10,13,18-19,21,25,27,35,39H,11-12,14-17,34H2,1-3H3/t19-,21-,25-,27-/m0/s1. The molecular weight excluding hydrogens is 519 g/mol. The summed E-state index contributed by atoms with van der Waals surface area (Å²) in [5, 5.41) is 13.5. The Hall–Kier alpha value is -3.21. The van der Waals surface area contributed by atoms with Crippen LogP contribution in [0.5, 0.6) is 0 Å². The highest BCUT2D eigenvalue weighted by Crippen LogP contribution is 2.42. The second-order valence-corrected chi connectivity index (χ2v) is 11.3. The molecule has 1 amide bonds. The Morgan fingerprint density at radius 1 is 1.23 bits per heavy atom. The van der Waals surface area contributed by atoms with Gasteiger partial charge in [-0.3, -0.25) is 4.79 Å². The van der Waals surface area contributed by atoms with E-state index in [1.165, 1.54) is 11.8 Å². The van der Waals surface area contributed by atoms with E-state index in [-0.39, 0.29) is 24.3 Å². The minimum absolute atomic E-state index is 0.0133. The quantitative estimate of drug-likeness (QED) is 0.331. The van der Waals surface area contributed by atoms with E-state index in [9.17, 15) is 23.1 Å². The molecule has 1 aliphatic rings. The van der Waals surface area contributed by atoms with Gasteiger partial charge in [-0.2, -0.15) is 0 Å². The van der Waals surface area contributed by atoms with Crippen LogP contribution >= 0.6 is 0 Å². The zero-order chi connectivity index (χ0) is 29.0. The molecule has 1 saturated heterocycles. The van der Waals surface area contributed by atoms with Crippen LogP contribution in [0.4, 0.5) is 13.2 Å². The van der Waals surface area contributed by atoms with E-state index < -0.39 is 47.2 Å². The average molecular weight is 558 g/mol. The highest BCUT2D eigenvalue weighted by Gasteiger charge is 2.43. The lowest BCUT2D eigenvalue weighted by molar-refractivity contribution is -0.146. The third kappa shape index (κ3) is 6.56. The minimum atomic E-state index is -1.35. The van der Waals surface area contributed by atoms with Gasteiger partial charge in [0, 0.05) is 43.9 Å². The summed E-state index contributed by atoms with van der Waals surface area (Å²) in [5.41, 5.74) is 6.44. The third-order valence-electron chi connectivity index (χ3n) is 7.62. The summed E-state index contributed by atoms with van der Waals surface area (Å²) < 4.78 is 45.7. The second kappa shape index (κ2) is 12.5. The first-order valence-corrected chi connectivity index (χ1v) is 13.6. The molecule has 1 aromatic heterocycles. The molecule has 7 nitrogen and oxygen atoms in total. The van der Waals surface area contributed by atoms with Gasteiger partial charge in [0.15, 0.2) is 0 Å². The fourth-order valence-corrected chi connectivity index (χ4v) is 5.49. The monoisotopic (exact) mass is 557 g/mol. The fourth-order valence-electron chi connectivity index (χ4n) is 5.49. The first-order valence-electron chi connectivity index (χ1n) is 13.6. The van der Waals surface area contributed by atoms with Crippen molar-refractivity contribution in [2.45, 2.75) is 52.1 Å². The molecule has 1 aliphatic heterocycles. The summed E-state index contributed by atoms with van der Waals surface area (Å²) in [4.78, 5) is 19.9. The Morgan fingerprint density at radius 2 is 1.95 bits per heavy atom. The molecule has 40 heavy (non-hydrogen) atoms. The van der Waals surface area contributed by atoms with E-state index in [0.717, 1.165) is 23.8 Å². The highest BCUT2D eigenvalue weighted by molar-refractivity contribution is 5.80. The van der Waals surface area contributed by atoms with E-state index >= 15 is 0 Å². The summed E-state index contributed by atoms with van der Waals surface area (Å²) in [5.74, 6) is -1.89. The maximum atomic E-state index is 14.9. The number of benzene rings is 2. The first kappa shape index (κ1) is 29.8. The number of aliphatic hydroxyl groups excluding tert-OH is 1. The van der Waals surface area contributed by atoms with Crippen molar-refractivity contribution in [1.29, 1.82) is 0 Å². The first-order chi connectivity index (χ1) is 19.0. The Kier molecular flexibility index (Phi) is 9.33. The number of hydrogen-bond donors (Lipinski definition) is 3. The Labute approximate surface area is 233 Å². The van der Waals surface area contributed by atoms with Gasteiger partial charge < -0.3 is 25.6 Å². The Morgan fingerprint density at radius 3 is 2.58 bits per heavy atom. The van der Waals surface area contributed by atoms with E-state index in [1.54, 1.807) is 6.20 Å². The van der Waals surface area contributed by atoms with Crippen LogP contribution in [0, 0.1) is 23.0 Å². The Bertz CT molecular complexity index is 1300. The molecule has 0 saturated carbocycles. The lowest BCUT2D eigenvalue weighted by atomic mass is 9.79. The summed E-state index contributed by atoms with van der Waals surface area (Å²) >= 11 is 0. The molecule has 3 aromatic rings. The molecule has 0 unspecified atom stereocenters. The smallest absolute Gasteiger partial charge is 0.251 e. The number of carbonyl (C=O) groups is 1. The number of hydrogen-bond acceptors (Lipinski definition) is 5. The summed E-state index contributed by atoms with van der Waals surface area (Å²) in [6.45, 7) is 6.51. The van der Waals surface area contributed by atoms with Gasteiger partial charge in [0.25, 0.3) is 5.91 Å². The molecule has 0 aliphatic carbocycles. The van der Waals surface area contributed by atoms with E-state index in [0.29, 0.717) is 31.9 Å². The number of amides is 1. The van der Waals surface area contributed by atoms with Crippen LogP contribution < -0.4 is 11.1 Å². The molecule has 0 bridgehead atoms. The maximum absolute atomic E-state index is 14.9.